The molecule has 0 saturated carbocycles. The number of nitro benzene ring substituents is 1. The lowest BCUT2D eigenvalue weighted by Crippen LogP contribution is -1.98. The molecule has 1 aromatic carbocycles. The van der Waals surface area contributed by atoms with Crippen LogP contribution in [0, 0.1) is 10.1 Å². The molecule has 4 nitrogen and oxygen atoms in total. The van der Waals surface area contributed by atoms with Crippen molar-refractivity contribution in [3.8, 4) is 5.75 Å². The van der Waals surface area contributed by atoms with Crippen molar-refractivity contribution in [3.63, 3.8) is 0 Å². The average molecular weight is 203 g/mol. The molecule has 76 valence electrons. The summed E-state index contributed by atoms with van der Waals surface area (Å²) in [6, 6.07) is 3.41. The molecule has 6 heteroatoms. The van der Waals surface area contributed by atoms with Gasteiger partial charge in [0.1, 0.15) is 0 Å². The van der Waals surface area contributed by atoms with Crippen LogP contribution in [0.3, 0.4) is 0 Å². The average Bonchev–Trinajstić information content (AvgIpc) is 2.16. The molecule has 0 fully saturated rings. The highest BCUT2D eigenvalue weighted by Crippen LogP contribution is 2.36. The van der Waals surface area contributed by atoms with Gasteiger partial charge in [0.05, 0.1) is 17.6 Å². The van der Waals surface area contributed by atoms with Crippen molar-refractivity contribution in [2.45, 2.75) is 6.43 Å². The standard InChI is InChI=1S/C8H7F2NO3/c1-14-7-5(8(9)10)3-2-4-6(7)11(12)13/h2-4,8H,1H3. The normalized spacial score (nSPS) is 10.3. The number of nitro groups is 1. The third kappa shape index (κ3) is 1.78. The molecule has 0 atom stereocenters. The van der Waals surface area contributed by atoms with Gasteiger partial charge in [-0.1, -0.05) is 6.07 Å². The van der Waals surface area contributed by atoms with Crippen LogP contribution in [0.4, 0.5) is 14.5 Å². The summed E-state index contributed by atoms with van der Waals surface area (Å²) in [5.74, 6) is -0.382. The van der Waals surface area contributed by atoms with E-state index in [9.17, 15) is 18.9 Å². The van der Waals surface area contributed by atoms with Crippen LogP contribution in [0.2, 0.25) is 0 Å². The number of rotatable bonds is 3. The van der Waals surface area contributed by atoms with Crippen molar-refractivity contribution in [2.75, 3.05) is 7.11 Å². The van der Waals surface area contributed by atoms with Crippen LogP contribution in [0.1, 0.15) is 12.0 Å². The molecule has 0 radical (unpaired) electrons. The minimum absolute atomic E-state index is 0.382. The van der Waals surface area contributed by atoms with Crippen LogP contribution in [0.15, 0.2) is 18.2 Å². The molecular weight excluding hydrogens is 196 g/mol. The number of hydrogen-bond donors (Lipinski definition) is 0. The van der Waals surface area contributed by atoms with E-state index in [4.69, 9.17) is 0 Å². The molecule has 1 aromatic rings. The molecular formula is C8H7F2NO3. The zero-order valence-corrected chi connectivity index (χ0v) is 7.24. The molecule has 0 aliphatic carbocycles. The summed E-state index contributed by atoms with van der Waals surface area (Å²) in [6.45, 7) is 0. The van der Waals surface area contributed by atoms with Crippen molar-refractivity contribution >= 4 is 5.69 Å². The summed E-state index contributed by atoms with van der Waals surface area (Å²) in [4.78, 5) is 9.68. The molecule has 0 spiro atoms. The number of methoxy groups -OCH3 is 1. The van der Waals surface area contributed by atoms with Gasteiger partial charge >= 0.3 is 5.69 Å². The van der Waals surface area contributed by atoms with Crippen LogP contribution >= 0.6 is 0 Å². The topological polar surface area (TPSA) is 52.4 Å². The Morgan fingerprint density at radius 1 is 1.50 bits per heavy atom. The lowest BCUT2D eigenvalue weighted by Gasteiger charge is -2.06. The summed E-state index contributed by atoms with van der Waals surface area (Å²) in [7, 11) is 1.12. The first kappa shape index (κ1) is 10.4. The monoisotopic (exact) mass is 203 g/mol. The van der Waals surface area contributed by atoms with E-state index in [1.54, 1.807) is 0 Å². The number of nitrogens with zero attached hydrogens (tertiary/aromatic N) is 1. The van der Waals surface area contributed by atoms with E-state index in [0.29, 0.717) is 0 Å². The lowest BCUT2D eigenvalue weighted by molar-refractivity contribution is -0.385. The van der Waals surface area contributed by atoms with Crippen LogP contribution in [0.25, 0.3) is 0 Å². The molecule has 0 unspecified atom stereocenters. The third-order valence-electron chi connectivity index (χ3n) is 1.66. The van der Waals surface area contributed by atoms with Crippen molar-refractivity contribution < 1.29 is 18.4 Å². The highest BCUT2D eigenvalue weighted by atomic mass is 19.3. The van der Waals surface area contributed by atoms with E-state index in [-0.39, 0.29) is 5.75 Å². The highest BCUT2D eigenvalue weighted by molar-refractivity contribution is 5.52. The van der Waals surface area contributed by atoms with Crippen LogP contribution in [-0.2, 0) is 0 Å². The fourth-order valence-electron chi connectivity index (χ4n) is 1.08. The van der Waals surface area contributed by atoms with Gasteiger partial charge in [-0.2, -0.15) is 0 Å². The molecule has 0 aliphatic rings. The largest absolute Gasteiger partial charge is 0.490 e. The molecule has 0 saturated heterocycles. The third-order valence-corrected chi connectivity index (χ3v) is 1.66. The maximum atomic E-state index is 12.4. The van der Waals surface area contributed by atoms with Crippen molar-refractivity contribution in [1.82, 2.24) is 0 Å². The first-order valence-corrected chi connectivity index (χ1v) is 3.67. The Kier molecular flexibility index (Phi) is 2.95. The number of benzene rings is 1. The van der Waals surface area contributed by atoms with Crippen LogP contribution < -0.4 is 4.74 Å². The lowest BCUT2D eigenvalue weighted by atomic mass is 10.2. The Bertz CT molecular complexity index is 354. The maximum Gasteiger partial charge on any atom is 0.311 e. The van der Waals surface area contributed by atoms with Gasteiger partial charge in [-0.25, -0.2) is 8.78 Å². The van der Waals surface area contributed by atoms with Crippen molar-refractivity contribution in [2.24, 2.45) is 0 Å². The molecule has 0 heterocycles. The Labute approximate surface area is 78.3 Å². The Morgan fingerprint density at radius 3 is 2.57 bits per heavy atom. The first-order valence-electron chi connectivity index (χ1n) is 3.67. The Hall–Kier alpha value is -1.72. The maximum absolute atomic E-state index is 12.4. The zero-order chi connectivity index (χ0) is 10.7. The van der Waals surface area contributed by atoms with Crippen LogP contribution in [-0.4, -0.2) is 12.0 Å². The SMILES string of the molecule is COc1c(C(F)F)cccc1[N+](=O)[O-]. The second-order valence-electron chi connectivity index (χ2n) is 2.46. The Balaban J connectivity index is 3.32. The molecule has 0 bridgehead atoms. The first-order chi connectivity index (χ1) is 6.57. The number of ether oxygens (including phenoxy) is 1. The fraction of sp³-hybridized carbons (Fsp3) is 0.250. The predicted molar refractivity (Wildman–Crippen MR) is 44.6 cm³/mol. The van der Waals surface area contributed by atoms with E-state index < -0.39 is 22.6 Å². The van der Waals surface area contributed by atoms with Gasteiger partial charge < -0.3 is 4.74 Å². The Morgan fingerprint density at radius 2 is 2.14 bits per heavy atom. The zero-order valence-electron chi connectivity index (χ0n) is 7.24. The van der Waals surface area contributed by atoms with Gasteiger partial charge in [-0.15, -0.1) is 0 Å². The van der Waals surface area contributed by atoms with Gasteiger partial charge in [0.25, 0.3) is 6.43 Å². The minimum Gasteiger partial charge on any atom is -0.490 e. The van der Waals surface area contributed by atoms with E-state index >= 15 is 0 Å². The summed E-state index contributed by atoms with van der Waals surface area (Å²) in [6.07, 6.45) is -2.79. The smallest absolute Gasteiger partial charge is 0.311 e. The molecule has 1 rings (SSSR count). The summed E-state index contributed by atoms with van der Waals surface area (Å²) in [5, 5.41) is 10.4. The van der Waals surface area contributed by atoms with Crippen LogP contribution in [0.5, 0.6) is 5.75 Å². The second kappa shape index (κ2) is 3.99. The second-order valence-corrected chi connectivity index (χ2v) is 2.46. The molecule has 0 N–H and O–H groups in total. The van der Waals surface area contributed by atoms with E-state index in [1.807, 2.05) is 0 Å². The summed E-state index contributed by atoms with van der Waals surface area (Å²) < 4.78 is 29.3. The predicted octanol–water partition coefficient (Wildman–Crippen LogP) is 2.54. The number of alkyl halides is 2. The molecule has 0 amide bonds. The van der Waals surface area contributed by atoms with E-state index in [1.165, 1.54) is 6.07 Å². The van der Waals surface area contributed by atoms with E-state index in [0.717, 1.165) is 19.2 Å². The van der Waals surface area contributed by atoms with Gasteiger partial charge in [-0.05, 0) is 6.07 Å². The van der Waals surface area contributed by atoms with Gasteiger partial charge in [0.15, 0.2) is 0 Å². The quantitative estimate of drug-likeness (QED) is 0.560. The van der Waals surface area contributed by atoms with E-state index in [2.05, 4.69) is 4.74 Å². The van der Waals surface area contributed by atoms with Gasteiger partial charge in [-0.3, -0.25) is 10.1 Å². The molecule has 14 heavy (non-hydrogen) atoms. The van der Waals surface area contributed by atoms with Crippen molar-refractivity contribution in [3.05, 3.63) is 33.9 Å². The van der Waals surface area contributed by atoms with Crippen molar-refractivity contribution in [1.29, 1.82) is 0 Å². The summed E-state index contributed by atoms with van der Waals surface area (Å²) in [5.41, 5.74) is -0.924. The number of halogens is 2. The summed E-state index contributed by atoms with van der Waals surface area (Å²) >= 11 is 0. The fourth-order valence-corrected chi connectivity index (χ4v) is 1.08. The molecule has 0 aromatic heterocycles. The number of hydrogen-bond acceptors (Lipinski definition) is 3. The van der Waals surface area contributed by atoms with Gasteiger partial charge in [0.2, 0.25) is 5.75 Å². The molecule has 0 aliphatic heterocycles. The van der Waals surface area contributed by atoms with Gasteiger partial charge in [0, 0.05) is 6.07 Å². The highest BCUT2D eigenvalue weighted by Gasteiger charge is 2.22. The number of para-hydroxylation sites is 1. The minimum atomic E-state index is -2.79.